The highest BCUT2D eigenvalue weighted by atomic mass is 14.9. The molecule has 0 spiro atoms. The van der Waals surface area contributed by atoms with Crippen LogP contribution in [0.25, 0.3) is 32.7 Å². The Morgan fingerprint density at radius 1 is 0.488 bits per heavy atom. The van der Waals surface area contributed by atoms with E-state index in [9.17, 15) is 0 Å². The van der Waals surface area contributed by atoms with Gasteiger partial charge in [-0.15, -0.1) is 0 Å². The van der Waals surface area contributed by atoms with E-state index in [1.54, 1.807) is 0 Å². The van der Waals surface area contributed by atoms with E-state index >= 15 is 0 Å². The molecule has 1 heterocycles. The Morgan fingerprint density at radius 3 is 1.68 bits per heavy atom. The van der Waals surface area contributed by atoms with Crippen molar-refractivity contribution in [3.63, 3.8) is 0 Å². The number of anilines is 1. The van der Waals surface area contributed by atoms with E-state index < -0.39 is 0 Å². The molecule has 0 aliphatic rings. The monoisotopic (exact) mass is 524 g/mol. The van der Waals surface area contributed by atoms with Gasteiger partial charge in [-0.1, -0.05) is 150 Å². The van der Waals surface area contributed by atoms with Gasteiger partial charge < -0.3 is 5.32 Å². The molecule has 0 unspecified atom stereocenters. The third kappa shape index (κ3) is 4.87. The topological polar surface area (TPSA) is 24.9 Å². The average Bonchev–Trinajstić information content (AvgIpc) is 3.05. The molecule has 0 aliphatic heterocycles. The Balaban J connectivity index is 1.54. The lowest BCUT2D eigenvalue weighted by Crippen LogP contribution is -2.52. The van der Waals surface area contributed by atoms with Gasteiger partial charge in [-0.2, -0.15) is 0 Å². The molecule has 41 heavy (non-hydrogen) atoms. The van der Waals surface area contributed by atoms with E-state index in [4.69, 9.17) is 0 Å². The van der Waals surface area contributed by atoms with E-state index in [0.717, 1.165) is 11.4 Å². The number of hydrogen-bond donors (Lipinski definition) is 1. The summed E-state index contributed by atoms with van der Waals surface area (Å²) in [5.41, 5.74) is 8.45. The molecular weight excluding hydrogens is 495 g/mol. The highest BCUT2D eigenvalue weighted by Crippen LogP contribution is 2.39. The lowest BCUT2D eigenvalue weighted by Gasteiger charge is -2.24. The van der Waals surface area contributed by atoms with Crippen molar-refractivity contribution in [1.29, 1.82) is 0 Å². The molecule has 0 aliphatic carbocycles. The van der Waals surface area contributed by atoms with Gasteiger partial charge in [-0.3, -0.25) is 4.98 Å². The van der Waals surface area contributed by atoms with Crippen LogP contribution in [0.2, 0.25) is 0 Å². The predicted molar refractivity (Wildman–Crippen MR) is 176 cm³/mol. The van der Waals surface area contributed by atoms with E-state index in [1.807, 2.05) is 18.3 Å². The standard InChI is InChI=1S/C38H29BN2/c1-3-15-30(16-4-1)39(31-17-5-2-6-18-31)35-24-22-28-13-7-9-20-33(28)37(35)38-34-21-10-8-14-29(34)23-25-36(38)41-27-32-19-11-12-26-40-32/h1-26,41H,27H2. The maximum absolute atomic E-state index is 4.57. The smallest absolute Gasteiger partial charge is 0.242 e. The maximum Gasteiger partial charge on any atom is 0.242 e. The van der Waals surface area contributed by atoms with Crippen molar-refractivity contribution in [2.45, 2.75) is 6.54 Å². The van der Waals surface area contributed by atoms with Gasteiger partial charge in [-0.25, -0.2) is 0 Å². The molecule has 0 saturated carbocycles. The van der Waals surface area contributed by atoms with Crippen molar-refractivity contribution in [1.82, 2.24) is 4.98 Å². The zero-order valence-corrected chi connectivity index (χ0v) is 22.7. The third-order valence-corrected chi connectivity index (χ3v) is 7.90. The van der Waals surface area contributed by atoms with E-state index in [1.165, 1.54) is 49.1 Å². The van der Waals surface area contributed by atoms with Crippen LogP contribution in [0.1, 0.15) is 5.69 Å². The minimum atomic E-state index is 0.0691. The molecule has 7 aromatic rings. The number of nitrogens with zero attached hydrogens (tertiary/aromatic N) is 1. The first kappa shape index (κ1) is 24.9. The quantitative estimate of drug-likeness (QED) is 0.224. The SMILES string of the molecule is c1ccc(B(c2ccccc2)c2ccc3ccccc3c2-c2c(NCc3ccccn3)ccc3ccccc23)cc1. The first-order valence-electron chi connectivity index (χ1n) is 14.1. The summed E-state index contributed by atoms with van der Waals surface area (Å²) in [6, 6.07) is 54.4. The molecule has 1 N–H and O–H groups in total. The molecule has 0 fully saturated rings. The third-order valence-electron chi connectivity index (χ3n) is 7.90. The Kier molecular flexibility index (Phi) is 6.76. The number of aromatic nitrogens is 1. The highest BCUT2D eigenvalue weighted by molar-refractivity contribution is 6.96. The van der Waals surface area contributed by atoms with Gasteiger partial charge in [0.15, 0.2) is 0 Å². The van der Waals surface area contributed by atoms with Crippen LogP contribution in [-0.2, 0) is 6.54 Å². The van der Waals surface area contributed by atoms with Crippen molar-refractivity contribution in [3.05, 3.63) is 164 Å². The number of benzene rings is 6. The first-order valence-corrected chi connectivity index (χ1v) is 14.1. The van der Waals surface area contributed by atoms with Crippen molar-refractivity contribution < 1.29 is 0 Å². The van der Waals surface area contributed by atoms with Crippen molar-refractivity contribution in [2.75, 3.05) is 5.32 Å². The minimum absolute atomic E-state index is 0.0691. The molecule has 2 nitrogen and oxygen atoms in total. The number of hydrogen-bond acceptors (Lipinski definition) is 2. The molecule has 0 radical (unpaired) electrons. The van der Waals surface area contributed by atoms with E-state index in [0.29, 0.717) is 6.54 Å². The molecule has 7 rings (SSSR count). The van der Waals surface area contributed by atoms with E-state index in [-0.39, 0.29) is 6.71 Å². The second-order valence-corrected chi connectivity index (χ2v) is 10.4. The zero-order chi connectivity index (χ0) is 27.4. The normalized spacial score (nSPS) is 11.0. The fourth-order valence-corrected chi connectivity index (χ4v) is 6.03. The number of fused-ring (bicyclic) bond motifs is 2. The maximum atomic E-state index is 4.57. The van der Waals surface area contributed by atoms with Gasteiger partial charge in [0.05, 0.1) is 12.2 Å². The van der Waals surface area contributed by atoms with Gasteiger partial charge in [0, 0.05) is 17.4 Å². The Labute approximate surface area is 241 Å². The largest absolute Gasteiger partial charge is 0.379 e. The van der Waals surface area contributed by atoms with Crippen LogP contribution in [0, 0.1) is 0 Å². The molecule has 194 valence electrons. The molecule has 1 aromatic heterocycles. The summed E-state index contributed by atoms with van der Waals surface area (Å²) < 4.78 is 0. The fourth-order valence-electron chi connectivity index (χ4n) is 6.03. The molecule has 0 atom stereocenters. The van der Waals surface area contributed by atoms with Crippen molar-refractivity contribution >= 4 is 50.3 Å². The molecule has 0 saturated heterocycles. The number of pyridine rings is 1. The second-order valence-electron chi connectivity index (χ2n) is 10.4. The molecule has 3 heteroatoms. The van der Waals surface area contributed by atoms with Crippen LogP contribution in [0.4, 0.5) is 5.69 Å². The van der Waals surface area contributed by atoms with Gasteiger partial charge in [0.1, 0.15) is 0 Å². The van der Waals surface area contributed by atoms with Gasteiger partial charge in [0.2, 0.25) is 6.71 Å². The Bertz CT molecular complexity index is 1900. The van der Waals surface area contributed by atoms with Gasteiger partial charge in [0.25, 0.3) is 0 Å². The van der Waals surface area contributed by atoms with E-state index in [2.05, 4.69) is 150 Å². The minimum Gasteiger partial charge on any atom is -0.379 e. The summed E-state index contributed by atoms with van der Waals surface area (Å²) in [6.07, 6.45) is 1.85. The highest BCUT2D eigenvalue weighted by Gasteiger charge is 2.27. The summed E-state index contributed by atoms with van der Waals surface area (Å²) in [5, 5.41) is 8.70. The lowest BCUT2D eigenvalue weighted by molar-refractivity contribution is 1.05. The van der Waals surface area contributed by atoms with Crippen LogP contribution in [0.5, 0.6) is 0 Å². The number of nitrogens with one attached hydrogen (secondary N) is 1. The van der Waals surface area contributed by atoms with Crippen LogP contribution in [0.15, 0.2) is 158 Å². The summed E-state index contributed by atoms with van der Waals surface area (Å²) in [4.78, 5) is 4.57. The fraction of sp³-hybridized carbons (Fsp3) is 0.0263. The van der Waals surface area contributed by atoms with Crippen LogP contribution >= 0.6 is 0 Å². The summed E-state index contributed by atoms with van der Waals surface area (Å²) >= 11 is 0. The lowest BCUT2D eigenvalue weighted by atomic mass is 9.36. The van der Waals surface area contributed by atoms with Crippen molar-refractivity contribution in [3.8, 4) is 11.1 Å². The second kappa shape index (κ2) is 11.2. The van der Waals surface area contributed by atoms with Gasteiger partial charge >= 0.3 is 0 Å². The Morgan fingerprint density at radius 2 is 1.05 bits per heavy atom. The van der Waals surface area contributed by atoms with Crippen molar-refractivity contribution in [2.24, 2.45) is 0 Å². The van der Waals surface area contributed by atoms with Crippen LogP contribution < -0.4 is 21.7 Å². The first-order chi connectivity index (χ1) is 20.4. The predicted octanol–water partition coefficient (Wildman–Crippen LogP) is 7.18. The molecule has 0 bridgehead atoms. The Hall–Kier alpha value is -5.15. The van der Waals surface area contributed by atoms with Crippen LogP contribution in [0.3, 0.4) is 0 Å². The average molecular weight is 524 g/mol. The van der Waals surface area contributed by atoms with Gasteiger partial charge in [-0.05, 0) is 45.3 Å². The number of rotatable bonds is 7. The molecular formula is C38H29BN2. The summed E-state index contributed by atoms with van der Waals surface area (Å²) in [6.45, 7) is 0.715. The summed E-state index contributed by atoms with van der Waals surface area (Å²) in [7, 11) is 0. The zero-order valence-electron chi connectivity index (χ0n) is 22.7. The molecule has 6 aromatic carbocycles. The molecule has 0 amide bonds. The summed E-state index contributed by atoms with van der Waals surface area (Å²) in [5.74, 6) is 0. The van der Waals surface area contributed by atoms with Crippen LogP contribution in [-0.4, -0.2) is 11.7 Å².